The number of anilines is 1. The molecule has 1 fully saturated rings. The lowest BCUT2D eigenvalue weighted by molar-refractivity contribution is -0.251. The zero-order valence-corrected chi connectivity index (χ0v) is 15.6. The molecule has 0 amide bonds. The van der Waals surface area contributed by atoms with Crippen LogP contribution in [0.5, 0.6) is 11.5 Å². The summed E-state index contributed by atoms with van der Waals surface area (Å²) in [6.07, 6.45) is -4.10. The van der Waals surface area contributed by atoms with Gasteiger partial charge in [0.15, 0.2) is 35.1 Å². The molecular formula is C18H21N5O7. The second-order valence-electron chi connectivity index (χ2n) is 6.94. The lowest BCUT2D eigenvalue weighted by Gasteiger charge is -2.41. The Kier molecular flexibility index (Phi) is 5.40. The summed E-state index contributed by atoms with van der Waals surface area (Å²) in [6.45, 7) is -0.281. The topological polar surface area (TPSA) is 186 Å². The zero-order valence-electron chi connectivity index (χ0n) is 15.6. The Morgan fingerprint density at radius 2 is 1.80 bits per heavy atom. The number of nitrogens with one attached hydrogen (secondary N) is 1. The Morgan fingerprint density at radius 1 is 1.00 bits per heavy atom. The molecule has 0 bridgehead atoms. The first-order valence-electron chi connectivity index (χ1n) is 9.13. The lowest BCUT2D eigenvalue weighted by Crippen LogP contribution is -2.56. The molecule has 3 aliphatic rings. The quantitative estimate of drug-likeness (QED) is 0.246. The number of imidazole rings is 1. The monoisotopic (exact) mass is 419 g/mol. The highest BCUT2D eigenvalue weighted by atomic mass is 16.6. The van der Waals surface area contributed by atoms with Crippen molar-refractivity contribution in [2.24, 2.45) is 0 Å². The number of aromatic nitrogens is 4. The van der Waals surface area contributed by atoms with Gasteiger partial charge in [-0.15, -0.1) is 0 Å². The average molecular weight is 419 g/mol. The van der Waals surface area contributed by atoms with E-state index in [0.717, 1.165) is 0 Å². The van der Waals surface area contributed by atoms with Gasteiger partial charge in [0.2, 0.25) is 0 Å². The molecule has 3 aliphatic heterocycles. The Labute approximate surface area is 170 Å². The smallest absolute Gasteiger partial charge is 0.167 e. The number of phenolic OH excluding ortho intramolecular Hbond substituents is 2. The summed E-state index contributed by atoms with van der Waals surface area (Å²) in [5.41, 5.74) is 1.04. The highest BCUT2D eigenvalue weighted by Gasteiger charge is 2.45. The van der Waals surface area contributed by atoms with Gasteiger partial charge in [-0.2, -0.15) is 0 Å². The van der Waals surface area contributed by atoms with Crippen molar-refractivity contribution in [1.82, 2.24) is 19.5 Å². The van der Waals surface area contributed by atoms with Gasteiger partial charge in [0.1, 0.15) is 37.1 Å². The third-order valence-corrected chi connectivity index (χ3v) is 5.00. The van der Waals surface area contributed by atoms with Gasteiger partial charge >= 0.3 is 0 Å². The Hall–Kier alpha value is -3.03. The maximum Gasteiger partial charge on any atom is 0.167 e. The van der Waals surface area contributed by atoms with E-state index in [9.17, 15) is 30.6 Å². The first kappa shape index (κ1) is 20.3. The number of benzene rings is 1. The van der Waals surface area contributed by atoms with Crippen molar-refractivity contribution < 1.29 is 35.4 Å². The van der Waals surface area contributed by atoms with E-state index in [2.05, 4.69) is 20.3 Å². The van der Waals surface area contributed by atoms with Crippen molar-refractivity contribution in [1.29, 1.82) is 0 Å². The summed E-state index contributed by atoms with van der Waals surface area (Å²) >= 11 is 0. The molecule has 1 unspecified atom stereocenters. The van der Waals surface area contributed by atoms with Crippen molar-refractivity contribution in [2.45, 2.75) is 37.2 Å². The Bertz CT molecular complexity index is 997. The van der Waals surface area contributed by atoms with Crippen LogP contribution >= 0.6 is 0 Å². The third-order valence-electron chi connectivity index (χ3n) is 5.00. The molecule has 30 heavy (non-hydrogen) atoms. The molecule has 1 saturated heterocycles. The summed E-state index contributed by atoms with van der Waals surface area (Å²) < 4.78 is 6.92. The molecular weight excluding hydrogens is 398 g/mol. The van der Waals surface area contributed by atoms with Crippen molar-refractivity contribution >= 4 is 5.82 Å². The minimum Gasteiger partial charge on any atom is -0.504 e. The Balaban J connectivity index is 1.60. The van der Waals surface area contributed by atoms with Crippen LogP contribution in [-0.2, 0) is 11.3 Å². The molecule has 12 heteroatoms. The fourth-order valence-electron chi connectivity index (χ4n) is 3.34. The summed E-state index contributed by atoms with van der Waals surface area (Å²) in [6, 6.07) is 4.41. The van der Waals surface area contributed by atoms with Gasteiger partial charge in [-0.05, 0) is 17.7 Å². The van der Waals surface area contributed by atoms with Gasteiger partial charge in [-0.1, -0.05) is 6.07 Å². The summed E-state index contributed by atoms with van der Waals surface area (Å²) in [7, 11) is 0. The number of rotatable bonds is 5. The average Bonchev–Trinajstić information content (AvgIpc) is 3.23. The van der Waals surface area contributed by atoms with Crippen LogP contribution in [0.2, 0.25) is 0 Å². The molecule has 1 aromatic carbocycles. The minimum absolute atomic E-state index is 0.221. The highest BCUT2D eigenvalue weighted by molar-refractivity contribution is 5.67. The van der Waals surface area contributed by atoms with Crippen LogP contribution in [0.3, 0.4) is 0 Å². The SMILES string of the molecule is OC[C@H]1OC(n2cnc(NCc3ccc(O)c(O)c3)c3ncnc2-3)[C@H](O)[C@@H](O)[C@@H]1O. The first-order chi connectivity index (χ1) is 14.4. The van der Waals surface area contributed by atoms with E-state index in [1.165, 1.54) is 29.4 Å². The molecule has 0 aromatic heterocycles. The van der Waals surface area contributed by atoms with Crippen LogP contribution in [0, 0.1) is 0 Å². The van der Waals surface area contributed by atoms with E-state index in [0.29, 0.717) is 22.9 Å². The van der Waals surface area contributed by atoms with Crippen LogP contribution in [0.1, 0.15) is 11.8 Å². The molecule has 5 atom stereocenters. The molecule has 7 N–H and O–H groups in total. The van der Waals surface area contributed by atoms with Crippen molar-refractivity contribution in [3.05, 3.63) is 36.4 Å². The fraction of sp³-hybridized carbons (Fsp3) is 0.389. The number of fused-ring (bicyclic) bond motifs is 1. The van der Waals surface area contributed by atoms with E-state index in [-0.39, 0.29) is 18.0 Å². The van der Waals surface area contributed by atoms with Crippen LogP contribution in [-0.4, -0.2) is 81.2 Å². The van der Waals surface area contributed by atoms with E-state index >= 15 is 0 Å². The molecule has 0 radical (unpaired) electrons. The second kappa shape index (κ2) is 8.01. The lowest BCUT2D eigenvalue weighted by atomic mass is 9.98. The highest BCUT2D eigenvalue weighted by Crippen LogP contribution is 2.34. The number of aliphatic hydroxyl groups is 4. The maximum atomic E-state index is 10.4. The molecule has 160 valence electrons. The molecule has 12 nitrogen and oxygen atoms in total. The number of aliphatic hydroxyl groups excluding tert-OH is 4. The van der Waals surface area contributed by atoms with Gasteiger partial charge in [0, 0.05) is 6.54 Å². The van der Waals surface area contributed by atoms with E-state index in [4.69, 9.17) is 4.74 Å². The molecule has 3 heterocycles. The number of phenols is 2. The van der Waals surface area contributed by atoms with Gasteiger partial charge in [-0.3, -0.25) is 4.57 Å². The van der Waals surface area contributed by atoms with Crippen molar-refractivity contribution in [3.8, 4) is 23.0 Å². The number of hydrogen-bond donors (Lipinski definition) is 7. The first-order valence-corrected chi connectivity index (χ1v) is 9.13. The van der Waals surface area contributed by atoms with Crippen molar-refractivity contribution in [2.75, 3.05) is 11.9 Å². The predicted molar refractivity (Wildman–Crippen MR) is 101 cm³/mol. The second-order valence-corrected chi connectivity index (χ2v) is 6.94. The number of nitrogens with zero attached hydrogens (tertiary/aromatic N) is 4. The molecule has 0 aliphatic carbocycles. The normalized spacial score (nSPS) is 26.7. The molecule has 0 saturated carbocycles. The largest absolute Gasteiger partial charge is 0.504 e. The fourth-order valence-corrected chi connectivity index (χ4v) is 3.34. The van der Waals surface area contributed by atoms with Crippen LogP contribution in [0.4, 0.5) is 5.82 Å². The van der Waals surface area contributed by atoms with E-state index < -0.39 is 37.3 Å². The van der Waals surface area contributed by atoms with Gasteiger partial charge in [0.25, 0.3) is 0 Å². The van der Waals surface area contributed by atoms with Crippen LogP contribution in [0.15, 0.2) is 30.9 Å². The van der Waals surface area contributed by atoms with E-state index in [1.807, 2.05) is 0 Å². The number of ether oxygens (including phenoxy) is 1. The van der Waals surface area contributed by atoms with Crippen molar-refractivity contribution in [3.63, 3.8) is 0 Å². The summed E-state index contributed by atoms with van der Waals surface area (Å²) in [4.78, 5) is 12.6. The van der Waals surface area contributed by atoms with Gasteiger partial charge in [0.05, 0.1) is 6.61 Å². The van der Waals surface area contributed by atoms with Gasteiger partial charge in [-0.25, -0.2) is 15.0 Å². The molecule has 1 aromatic rings. The van der Waals surface area contributed by atoms with Crippen LogP contribution in [0.25, 0.3) is 11.5 Å². The van der Waals surface area contributed by atoms with Gasteiger partial charge < -0.3 is 40.7 Å². The third kappa shape index (κ3) is 3.51. The summed E-state index contributed by atoms with van der Waals surface area (Å²) in [5.74, 6) is 0.205. The summed E-state index contributed by atoms with van der Waals surface area (Å²) in [5, 5.41) is 61.8. The predicted octanol–water partition coefficient (Wildman–Crippen LogP) is -1.23. The van der Waals surface area contributed by atoms with E-state index in [1.54, 1.807) is 6.07 Å². The number of aromatic hydroxyl groups is 2. The Morgan fingerprint density at radius 3 is 2.53 bits per heavy atom. The standard InChI is InChI=1S/C18H21N5O7/c24-5-11-13(27)14(28)15(29)18(30-11)23-7-22-16(12-17(23)21-6-20-12)19-4-8-1-2-9(25)10(26)3-8/h1-3,6-7,11,13-15,18-19,24-29H,4-5H2/t11-,13-,14+,15-,18?/m1/s1. The molecule has 4 rings (SSSR count). The number of hydrogen-bond acceptors (Lipinski definition) is 11. The maximum absolute atomic E-state index is 10.4. The molecule has 0 spiro atoms. The minimum atomic E-state index is -1.54. The van der Waals surface area contributed by atoms with Crippen LogP contribution < -0.4 is 5.32 Å². The zero-order chi connectivity index (χ0) is 21.4.